The van der Waals surface area contributed by atoms with E-state index in [9.17, 15) is 0 Å². The van der Waals surface area contributed by atoms with E-state index < -0.39 is 0 Å². The lowest BCUT2D eigenvalue weighted by Crippen LogP contribution is -2.16. The summed E-state index contributed by atoms with van der Waals surface area (Å²) in [4.78, 5) is 0. The molecule has 0 amide bonds. The number of hydrogen-bond donors (Lipinski definition) is 1. The van der Waals surface area contributed by atoms with Crippen LogP contribution in [-0.2, 0) is 6.54 Å². The van der Waals surface area contributed by atoms with Gasteiger partial charge in [0.05, 0.1) is 5.69 Å². The molecule has 2 rings (SSSR count). The zero-order chi connectivity index (χ0) is 12.1. The molecule has 94 valence electrons. The lowest BCUT2D eigenvalue weighted by atomic mass is 10.2. The van der Waals surface area contributed by atoms with Crippen molar-refractivity contribution in [3.63, 3.8) is 0 Å². The molecule has 0 unspecified atom stereocenters. The Kier molecular flexibility index (Phi) is 4.37. The molecule has 0 aliphatic heterocycles. The molecule has 0 bridgehead atoms. The van der Waals surface area contributed by atoms with Gasteiger partial charge in [-0.25, -0.2) is 0 Å². The van der Waals surface area contributed by atoms with Crippen LogP contribution in [0.15, 0.2) is 23.9 Å². The highest BCUT2D eigenvalue weighted by Crippen LogP contribution is 2.19. The third-order valence-electron chi connectivity index (χ3n) is 3.26. The Morgan fingerprint density at radius 2 is 2.35 bits per heavy atom. The number of rotatable bonds is 6. The summed E-state index contributed by atoms with van der Waals surface area (Å²) >= 11 is 0. The molecule has 3 nitrogen and oxygen atoms in total. The van der Waals surface area contributed by atoms with Gasteiger partial charge in [0.1, 0.15) is 0 Å². The molecule has 0 atom stereocenters. The molecular formula is C14H23N3. The fraction of sp³-hybridized carbons (Fsp3) is 0.643. The van der Waals surface area contributed by atoms with Gasteiger partial charge in [-0.3, -0.25) is 4.68 Å². The van der Waals surface area contributed by atoms with Gasteiger partial charge in [0.25, 0.3) is 0 Å². The predicted molar refractivity (Wildman–Crippen MR) is 70.9 cm³/mol. The van der Waals surface area contributed by atoms with Gasteiger partial charge in [-0.05, 0) is 52.1 Å². The molecule has 1 N–H and O–H groups in total. The van der Waals surface area contributed by atoms with Gasteiger partial charge in [0, 0.05) is 18.8 Å². The number of nitrogens with one attached hydrogen (secondary N) is 1. The zero-order valence-corrected chi connectivity index (χ0v) is 10.9. The van der Waals surface area contributed by atoms with Gasteiger partial charge in [0.15, 0.2) is 0 Å². The van der Waals surface area contributed by atoms with E-state index in [1.807, 2.05) is 4.68 Å². The van der Waals surface area contributed by atoms with Crippen molar-refractivity contribution < 1.29 is 0 Å². The lowest BCUT2D eigenvalue weighted by molar-refractivity contribution is 0.521. The van der Waals surface area contributed by atoms with Crippen LogP contribution in [-0.4, -0.2) is 16.3 Å². The van der Waals surface area contributed by atoms with Crippen molar-refractivity contribution in [3.8, 4) is 0 Å². The first-order chi connectivity index (χ1) is 8.25. The van der Waals surface area contributed by atoms with Gasteiger partial charge < -0.3 is 5.32 Å². The van der Waals surface area contributed by atoms with Crippen molar-refractivity contribution in [3.05, 3.63) is 29.6 Å². The number of allylic oxidation sites excluding steroid dienone is 1. The second-order valence-corrected chi connectivity index (χ2v) is 5.06. The summed E-state index contributed by atoms with van der Waals surface area (Å²) in [7, 11) is 0. The van der Waals surface area contributed by atoms with Crippen molar-refractivity contribution in [1.29, 1.82) is 0 Å². The van der Waals surface area contributed by atoms with Crippen LogP contribution in [0.2, 0.25) is 0 Å². The van der Waals surface area contributed by atoms with Crippen molar-refractivity contribution in [1.82, 2.24) is 15.1 Å². The molecule has 17 heavy (non-hydrogen) atoms. The molecule has 0 saturated heterocycles. The van der Waals surface area contributed by atoms with Crippen molar-refractivity contribution in [2.24, 2.45) is 0 Å². The highest BCUT2D eigenvalue weighted by atomic mass is 15.3. The van der Waals surface area contributed by atoms with E-state index in [0.29, 0.717) is 6.04 Å². The molecule has 1 heterocycles. The molecule has 1 aliphatic carbocycles. The van der Waals surface area contributed by atoms with Crippen LogP contribution in [0.4, 0.5) is 0 Å². The van der Waals surface area contributed by atoms with E-state index in [4.69, 9.17) is 0 Å². The van der Waals surface area contributed by atoms with Crippen LogP contribution in [0.25, 0.3) is 0 Å². The Bertz CT molecular complexity index is 377. The molecular weight excluding hydrogens is 210 g/mol. The van der Waals surface area contributed by atoms with E-state index >= 15 is 0 Å². The molecule has 1 aromatic rings. The summed E-state index contributed by atoms with van der Waals surface area (Å²) in [6.07, 6.45) is 9.60. The Morgan fingerprint density at radius 1 is 1.47 bits per heavy atom. The molecule has 1 aromatic heterocycles. The van der Waals surface area contributed by atoms with Crippen LogP contribution in [0, 0.1) is 0 Å². The first kappa shape index (κ1) is 12.4. The SMILES string of the molecule is CC(C)n1ccc(CNCCC2=CCCC2)n1. The minimum atomic E-state index is 0.451. The number of nitrogens with zero attached hydrogens (tertiary/aromatic N) is 2. The van der Waals surface area contributed by atoms with E-state index in [0.717, 1.165) is 18.8 Å². The van der Waals surface area contributed by atoms with Crippen molar-refractivity contribution in [2.45, 2.75) is 52.1 Å². The summed E-state index contributed by atoms with van der Waals surface area (Å²) in [5.74, 6) is 0. The first-order valence-corrected chi connectivity index (χ1v) is 6.68. The number of hydrogen-bond acceptors (Lipinski definition) is 2. The fourth-order valence-corrected chi connectivity index (χ4v) is 2.19. The van der Waals surface area contributed by atoms with E-state index in [-0.39, 0.29) is 0 Å². The smallest absolute Gasteiger partial charge is 0.0762 e. The maximum absolute atomic E-state index is 4.52. The third kappa shape index (κ3) is 3.70. The maximum Gasteiger partial charge on any atom is 0.0762 e. The minimum Gasteiger partial charge on any atom is -0.311 e. The maximum atomic E-state index is 4.52. The van der Waals surface area contributed by atoms with Gasteiger partial charge in [-0.15, -0.1) is 0 Å². The van der Waals surface area contributed by atoms with Gasteiger partial charge in [-0.1, -0.05) is 11.6 Å². The summed E-state index contributed by atoms with van der Waals surface area (Å²) < 4.78 is 2.01. The number of aromatic nitrogens is 2. The molecule has 0 aromatic carbocycles. The molecule has 3 heteroatoms. The van der Waals surface area contributed by atoms with Gasteiger partial charge >= 0.3 is 0 Å². The van der Waals surface area contributed by atoms with Gasteiger partial charge in [-0.2, -0.15) is 5.10 Å². The normalized spacial score (nSPS) is 15.6. The van der Waals surface area contributed by atoms with Crippen LogP contribution in [0.5, 0.6) is 0 Å². The minimum absolute atomic E-state index is 0.451. The highest BCUT2D eigenvalue weighted by molar-refractivity contribution is 5.07. The Labute approximate surface area is 104 Å². The Morgan fingerprint density at radius 3 is 3.00 bits per heavy atom. The largest absolute Gasteiger partial charge is 0.311 e. The summed E-state index contributed by atoms with van der Waals surface area (Å²) in [6, 6.07) is 2.55. The monoisotopic (exact) mass is 233 g/mol. The lowest BCUT2D eigenvalue weighted by Gasteiger charge is -2.05. The summed E-state index contributed by atoms with van der Waals surface area (Å²) in [5.41, 5.74) is 2.77. The molecule has 0 saturated carbocycles. The topological polar surface area (TPSA) is 29.9 Å². The quantitative estimate of drug-likeness (QED) is 0.604. The van der Waals surface area contributed by atoms with Gasteiger partial charge in [0.2, 0.25) is 0 Å². The van der Waals surface area contributed by atoms with Crippen LogP contribution >= 0.6 is 0 Å². The molecule has 0 spiro atoms. The van der Waals surface area contributed by atoms with Crippen molar-refractivity contribution >= 4 is 0 Å². The zero-order valence-electron chi connectivity index (χ0n) is 10.9. The average Bonchev–Trinajstić information content (AvgIpc) is 2.96. The second-order valence-electron chi connectivity index (χ2n) is 5.06. The summed E-state index contributed by atoms with van der Waals surface area (Å²) in [5, 5.41) is 7.98. The average molecular weight is 233 g/mol. The van der Waals surface area contributed by atoms with Crippen LogP contribution in [0.1, 0.15) is 51.3 Å². The Balaban J connectivity index is 1.67. The predicted octanol–water partition coefficient (Wildman–Crippen LogP) is 3.05. The van der Waals surface area contributed by atoms with Crippen LogP contribution < -0.4 is 5.32 Å². The third-order valence-corrected chi connectivity index (χ3v) is 3.26. The van der Waals surface area contributed by atoms with E-state index in [1.54, 1.807) is 5.57 Å². The van der Waals surface area contributed by atoms with Crippen LogP contribution in [0.3, 0.4) is 0 Å². The van der Waals surface area contributed by atoms with E-state index in [2.05, 4.69) is 42.6 Å². The highest BCUT2D eigenvalue weighted by Gasteiger charge is 2.04. The first-order valence-electron chi connectivity index (χ1n) is 6.68. The second kappa shape index (κ2) is 6.01. The van der Waals surface area contributed by atoms with Crippen molar-refractivity contribution in [2.75, 3.05) is 6.54 Å². The Hall–Kier alpha value is -1.09. The van der Waals surface area contributed by atoms with E-state index in [1.165, 1.54) is 25.7 Å². The summed E-state index contributed by atoms with van der Waals surface area (Å²) in [6.45, 7) is 6.25. The molecule has 0 fully saturated rings. The molecule has 1 aliphatic rings. The molecule has 0 radical (unpaired) electrons. The standard InChI is InChI=1S/C14H23N3/c1-12(2)17-10-8-14(16-17)11-15-9-7-13-5-3-4-6-13/h5,8,10,12,15H,3-4,6-7,9,11H2,1-2H3. The fourth-order valence-electron chi connectivity index (χ4n) is 2.19.